The molecule has 0 spiro atoms. The summed E-state index contributed by atoms with van der Waals surface area (Å²) in [6, 6.07) is 20.3. The molecular formula is C30H41NO4Si. The van der Waals surface area contributed by atoms with Gasteiger partial charge in [-0.2, -0.15) is 0 Å². The molecule has 0 unspecified atom stereocenters. The Balaban J connectivity index is 1.60. The first-order valence-corrected chi connectivity index (χ1v) is 15.6. The van der Waals surface area contributed by atoms with Crippen LogP contribution in [0.15, 0.2) is 60.7 Å². The average Bonchev–Trinajstić information content (AvgIpc) is 2.81. The second-order valence-corrected chi connectivity index (χ2v) is 16.2. The van der Waals surface area contributed by atoms with E-state index in [0.29, 0.717) is 18.9 Å². The lowest BCUT2D eigenvalue weighted by Crippen LogP contribution is -2.41. The van der Waals surface area contributed by atoms with Gasteiger partial charge in [-0.25, -0.2) is 4.79 Å². The molecule has 0 fully saturated rings. The van der Waals surface area contributed by atoms with Crippen molar-refractivity contribution in [2.75, 3.05) is 18.5 Å². The molecule has 0 aliphatic carbocycles. The second kappa shape index (κ2) is 11.1. The molecule has 0 aliphatic heterocycles. The van der Waals surface area contributed by atoms with Crippen LogP contribution in [0.25, 0.3) is 21.9 Å². The van der Waals surface area contributed by atoms with Crippen LogP contribution in [-0.2, 0) is 9.16 Å². The third kappa shape index (κ3) is 7.34. The summed E-state index contributed by atoms with van der Waals surface area (Å²) in [6.07, 6.45) is 0.311. The van der Waals surface area contributed by atoms with Gasteiger partial charge >= 0.3 is 6.09 Å². The minimum atomic E-state index is -1.76. The Hall–Kier alpha value is -2.83. The van der Waals surface area contributed by atoms with E-state index in [1.165, 1.54) is 0 Å². The van der Waals surface area contributed by atoms with Gasteiger partial charge in [0.1, 0.15) is 18.0 Å². The number of fused-ring (bicyclic) bond motifs is 1. The van der Waals surface area contributed by atoms with Crippen molar-refractivity contribution >= 4 is 30.9 Å². The Morgan fingerprint density at radius 2 is 1.44 bits per heavy atom. The molecule has 6 heteroatoms. The molecule has 36 heavy (non-hydrogen) atoms. The molecule has 0 radical (unpaired) electrons. The van der Waals surface area contributed by atoms with E-state index in [9.17, 15) is 4.79 Å². The Kier molecular flexibility index (Phi) is 8.52. The maximum absolute atomic E-state index is 12.1. The zero-order valence-corrected chi connectivity index (χ0v) is 24.0. The van der Waals surface area contributed by atoms with Gasteiger partial charge in [-0.15, -0.1) is 0 Å². The number of carbonyl (C=O) groups excluding carboxylic acids is 1. The number of benzene rings is 3. The first-order chi connectivity index (χ1) is 16.8. The van der Waals surface area contributed by atoms with E-state index in [-0.39, 0.29) is 5.04 Å². The van der Waals surface area contributed by atoms with Crippen molar-refractivity contribution in [1.82, 2.24) is 0 Å². The Morgan fingerprint density at radius 1 is 0.833 bits per heavy atom. The van der Waals surface area contributed by atoms with Gasteiger partial charge in [0.2, 0.25) is 0 Å². The fourth-order valence-electron chi connectivity index (χ4n) is 3.38. The smallest absolute Gasteiger partial charge is 0.412 e. The monoisotopic (exact) mass is 507 g/mol. The fourth-order valence-corrected chi connectivity index (χ4v) is 4.41. The molecule has 0 aromatic heterocycles. The lowest BCUT2D eigenvalue weighted by Gasteiger charge is -2.36. The van der Waals surface area contributed by atoms with Crippen molar-refractivity contribution in [3.05, 3.63) is 60.7 Å². The van der Waals surface area contributed by atoms with Gasteiger partial charge in [0.15, 0.2) is 8.32 Å². The van der Waals surface area contributed by atoms with Gasteiger partial charge < -0.3 is 13.9 Å². The van der Waals surface area contributed by atoms with Gasteiger partial charge in [0, 0.05) is 5.69 Å². The molecule has 0 bridgehead atoms. The van der Waals surface area contributed by atoms with Gasteiger partial charge in [-0.1, -0.05) is 58.0 Å². The van der Waals surface area contributed by atoms with Crippen LogP contribution in [0.5, 0.6) is 5.75 Å². The number of ether oxygens (including phenoxy) is 2. The molecule has 1 amide bonds. The summed E-state index contributed by atoms with van der Waals surface area (Å²) in [5, 5.41) is 5.27. The summed E-state index contributed by atoms with van der Waals surface area (Å²) < 4.78 is 17.6. The SMILES string of the molecule is CCC(C)(C)OC(=O)Nc1ccc(-c2ccc3cc(OCCO[Si](C)(C)C(C)(C)C)ccc3c2)cc1. The summed E-state index contributed by atoms with van der Waals surface area (Å²) in [4.78, 5) is 12.1. The first-order valence-electron chi connectivity index (χ1n) is 12.7. The predicted molar refractivity (Wildman–Crippen MR) is 153 cm³/mol. The molecule has 5 nitrogen and oxygen atoms in total. The summed E-state index contributed by atoms with van der Waals surface area (Å²) in [7, 11) is -1.76. The predicted octanol–water partition coefficient (Wildman–Crippen LogP) is 8.64. The highest BCUT2D eigenvalue weighted by Gasteiger charge is 2.36. The van der Waals surface area contributed by atoms with E-state index in [4.69, 9.17) is 13.9 Å². The largest absolute Gasteiger partial charge is 0.491 e. The molecule has 3 aromatic rings. The number of anilines is 1. The standard InChI is InChI=1S/C30H41NO4Si/c1-9-30(5,6)35-28(32)31-26-15-12-22(13-16-26)23-10-11-25-21-27(17-14-24(25)20-23)33-18-19-34-36(7,8)29(2,3)4/h10-17,20-21H,9,18-19H2,1-8H3,(H,31,32). The van der Waals surface area contributed by atoms with Crippen molar-refractivity contribution in [2.45, 2.75) is 71.7 Å². The molecule has 3 aromatic carbocycles. The summed E-state index contributed by atoms with van der Waals surface area (Å²) >= 11 is 0. The van der Waals surface area contributed by atoms with E-state index in [1.807, 2.05) is 51.1 Å². The van der Waals surface area contributed by atoms with Crippen LogP contribution < -0.4 is 10.1 Å². The van der Waals surface area contributed by atoms with E-state index in [2.05, 4.69) is 69.5 Å². The van der Waals surface area contributed by atoms with Crippen LogP contribution in [0, 0.1) is 0 Å². The third-order valence-electron chi connectivity index (χ3n) is 7.12. The minimum Gasteiger partial charge on any atom is -0.491 e. The quantitative estimate of drug-likeness (QED) is 0.233. The van der Waals surface area contributed by atoms with Crippen molar-refractivity contribution in [3.8, 4) is 16.9 Å². The molecule has 0 atom stereocenters. The van der Waals surface area contributed by atoms with E-state index in [0.717, 1.165) is 34.1 Å². The van der Waals surface area contributed by atoms with Crippen LogP contribution in [0.4, 0.5) is 10.5 Å². The van der Waals surface area contributed by atoms with Crippen LogP contribution in [0.1, 0.15) is 48.0 Å². The number of hydrogen-bond donors (Lipinski definition) is 1. The van der Waals surface area contributed by atoms with Gasteiger partial charge in [-0.3, -0.25) is 5.32 Å². The number of hydrogen-bond acceptors (Lipinski definition) is 4. The molecule has 0 saturated heterocycles. The van der Waals surface area contributed by atoms with Gasteiger partial charge in [0.25, 0.3) is 0 Å². The zero-order valence-electron chi connectivity index (χ0n) is 23.0. The Labute approximate surface area is 217 Å². The van der Waals surface area contributed by atoms with Crippen LogP contribution in [-0.4, -0.2) is 33.2 Å². The Morgan fingerprint density at radius 3 is 2.08 bits per heavy atom. The normalized spacial score (nSPS) is 12.4. The van der Waals surface area contributed by atoms with E-state index >= 15 is 0 Å². The molecular weight excluding hydrogens is 466 g/mol. The lowest BCUT2D eigenvalue weighted by atomic mass is 10.0. The zero-order chi connectivity index (χ0) is 26.6. The average molecular weight is 508 g/mol. The molecule has 0 saturated carbocycles. The summed E-state index contributed by atoms with van der Waals surface area (Å²) in [6.45, 7) is 18.2. The molecule has 194 valence electrons. The van der Waals surface area contributed by atoms with Gasteiger partial charge in [0.05, 0.1) is 6.61 Å². The molecule has 0 heterocycles. The minimum absolute atomic E-state index is 0.197. The maximum Gasteiger partial charge on any atom is 0.412 e. The third-order valence-corrected chi connectivity index (χ3v) is 11.7. The van der Waals surface area contributed by atoms with Crippen molar-refractivity contribution in [3.63, 3.8) is 0 Å². The maximum atomic E-state index is 12.1. The Bertz CT molecular complexity index is 1180. The van der Waals surface area contributed by atoms with Crippen LogP contribution in [0.2, 0.25) is 18.1 Å². The van der Waals surface area contributed by atoms with E-state index in [1.54, 1.807) is 0 Å². The summed E-state index contributed by atoms with van der Waals surface area (Å²) in [5.41, 5.74) is 2.40. The van der Waals surface area contributed by atoms with Crippen molar-refractivity contribution in [2.24, 2.45) is 0 Å². The topological polar surface area (TPSA) is 56.8 Å². The van der Waals surface area contributed by atoms with Gasteiger partial charge in [-0.05, 0) is 90.6 Å². The summed E-state index contributed by atoms with van der Waals surface area (Å²) in [5.74, 6) is 0.850. The number of rotatable bonds is 9. The van der Waals surface area contributed by atoms with E-state index < -0.39 is 20.0 Å². The number of amides is 1. The molecule has 0 aliphatic rings. The molecule has 3 rings (SSSR count). The second-order valence-electron chi connectivity index (χ2n) is 11.4. The first kappa shape index (κ1) is 27.7. The highest BCUT2D eigenvalue weighted by Crippen LogP contribution is 2.36. The fraction of sp³-hybridized carbons (Fsp3) is 0.433. The number of carbonyl (C=O) groups is 1. The highest BCUT2D eigenvalue weighted by molar-refractivity contribution is 6.74. The van der Waals surface area contributed by atoms with Crippen LogP contribution >= 0.6 is 0 Å². The van der Waals surface area contributed by atoms with Crippen molar-refractivity contribution < 1.29 is 18.7 Å². The molecule has 1 N–H and O–H groups in total. The van der Waals surface area contributed by atoms with Crippen molar-refractivity contribution in [1.29, 1.82) is 0 Å². The number of nitrogens with one attached hydrogen (secondary N) is 1. The lowest BCUT2D eigenvalue weighted by molar-refractivity contribution is 0.0462. The highest BCUT2D eigenvalue weighted by atomic mass is 28.4. The van der Waals surface area contributed by atoms with Crippen LogP contribution in [0.3, 0.4) is 0 Å².